The van der Waals surface area contributed by atoms with E-state index in [1.54, 1.807) is 49.4 Å². The van der Waals surface area contributed by atoms with E-state index in [-0.39, 0.29) is 16.6 Å². The number of piperazine rings is 1. The normalized spacial score (nSPS) is 17.9. The summed E-state index contributed by atoms with van der Waals surface area (Å²) in [5, 5.41) is 41.8. The number of nitrogens with two attached hydrogens (primary N) is 1. The van der Waals surface area contributed by atoms with Crippen LogP contribution in [0.1, 0.15) is 28.4 Å². The number of nitrogen functional groups attached to an aromatic ring is 1. The first-order valence-corrected chi connectivity index (χ1v) is 16.5. The summed E-state index contributed by atoms with van der Waals surface area (Å²) in [5.74, 6) is -1.64. The van der Waals surface area contributed by atoms with Crippen molar-refractivity contribution in [2.24, 2.45) is 25.9 Å². The molecule has 0 aromatic heterocycles. The van der Waals surface area contributed by atoms with Crippen LogP contribution in [-0.2, 0) is 14.9 Å². The zero-order valence-electron chi connectivity index (χ0n) is 26.1. The van der Waals surface area contributed by atoms with Gasteiger partial charge in [-0.25, -0.2) is 4.79 Å². The van der Waals surface area contributed by atoms with Gasteiger partial charge >= 0.3 is 5.97 Å². The van der Waals surface area contributed by atoms with E-state index in [4.69, 9.17) is 5.73 Å². The number of azo groups is 2. The molecule has 1 atom stereocenters. The molecule has 0 bridgehead atoms. The third-order valence-corrected chi connectivity index (χ3v) is 9.13. The fraction of sp³-hybridized carbons (Fsp3) is 0.176. The van der Waals surface area contributed by atoms with E-state index in [1.165, 1.54) is 30.3 Å². The van der Waals surface area contributed by atoms with Crippen LogP contribution in [0.5, 0.6) is 5.75 Å². The average molecular weight is 682 g/mol. The first-order valence-electron chi connectivity index (χ1n) is 15.1. The quantitative estimate of drug-likeness (QED) is 0.0583. The Balaban J connectivity index is 1.43. The number of hydrogen-bond acceptors (Lipinski definition) is 12. The molecule has 15 heteroatoms. The molecule has 6 N–H and O–H groups in total. The van der Waals surface area contributed by atoms with Crippen LogP contribution in [0.2, 0.25) is 0 Å². The molecule has 250 valence electrons. The SMILES string of the molecule is CC1(C=O)C=Cc2c(N=Nc3ccc(N4CCNCC4)c(C(=O)O)c3)ccc(N=Nc3c(S(=O)(=O)O)cc4ccc(N)cc4c3O)c2C=C1. The van der Waals surface area contributed by atoms with E-state index in [2.05, 4.69) is 25.8 Å². The molecule has 1 saturated heterocycles. The molecule has 49 heavy (non-hydrogen) atoms. The number of aldehydes is 1. The van der Waals surface area contributed by atoms with E-state index in [0.717, 1.165) is 25.4 Å². The Morgan fingerprint density at radius 3 is 2.20 bits per heavy atom. The minimum Gasteiger partial charge on any atom is -0.505 e. The maximum atomic E-state index is 12.3. The van der Waals surface area contributed by atoms with Gasteiger partial charge in [-0.05, 0) is 60.8 Å². The predicted molar refractivity (Wildman–Crippen MR) is 185 cm³/mol. The van der Waals surface area contributed by atoms with Gasteiger partial charge in [0.05, 0.1) is 33.7 Å². The van der Waals surface area contributed by atoms with Crippen LogP contribution in [0, 0.1) is 5.41 Å². The number of carboxylic acids is 1. The van der Waals surface area contributed by atoms with Gasteiger partial charge < -0.3 is 31.0 Å². The second-order valence-electron chi connectivity index (χ2n) is 11.8. The van der Waals surface area contributed by atoms with Crippen LogP contribution in [-0.4, -0.2) is 61.6 Å². The number of hydrogen-bond donors (Lipinski definition) is 5. The van der Waals surface area contributed by atoms with Crippen molar-refractivity contribution >= 4 is 79.4 Å². The smallest absolute Gasteiger partial charge is 0.337 e. The molecule has 1 aliphatic carbocycles. The van der Waals surface area contributed by atoms with Crippen molar-refractivity contribution in [3.8, 4) is 5.75 Å². The number of phenolic OH excluding ortho intramolecular Hbond substituents is 1. The summed E-state index contributed by atoms with van der Waals surface area (Å²) in [6.45, 7) is 4.52. The topological polar surface area (TPSA) is 220 Å². The third-order valence-electron chi connectivity index (χ3n) is 8.27. The van der Waals surface area contributed by atoms with Crippen LogP contribution < -0.4 is 16.0 Å². The van der Waals surface area contributed by atoms with E-state index in [9.17, 15) is 32.8 Å². The summed E-state index contributed by atoms with van der Waals surface area (Å²) >= 11 is 0. The minimum atomic E-state index is -4.84. The molecule has 1 unspecified atom stereocenters. The number of aromatic hydroxyl groups is 1. The van der Waals surface area contributed by atoms with Gasteiger partial charge in [0.1, 0.15) is 16.9 Å². The molecular weight excluding hydrogens is 650 g/mol. The van der Waals surface area contributed by atoms with E-state index in [1.807, 2.05) is 4.90 Å². The zero-order chi connectivity index (χ0) is 34.9. The number of phenols is 1. The Hall–Kier alpha value is -5.77. The highest BCUT2D eigenvalue weighted by Gasteiger charge is 2.24. The van der Waals surface area contributed by atoms with Gasteiger partial charge in [0.2, 0.25) is 0 Å². The zero-order valence-corrected chi connectivity index (χ0v) is 26.9. The Bertz CT molecular complexity index is 2240. The Kier molecular flexibility index (Phi) is 8.81. The molecule has 1 aliphatic heterocycles. The molecule has 14 nitrogen and oxygen atoms in total. The first-order chi connectivity index (χ1) is 23.4. The summed E-state index contributed by atoms with van der Waals surface area (Å²) in [6.07, 6.45) is 7.40. The molecule has 4 aromatic carbocycles. The predicted octanol–water partition coefficient (Wildman–Crippen LogP) is 6.56. The molecule has 0 spiro atoms. The minimum absolute atomic E-state index is 0.0985. The second kappa shape index (κ2) is 13.0. The van der Waals surface area contributed by atoms with Gasteiger partial charge in [0, 0.05) is 48.4 Å². The number of carbonyl (C=O) groups is 2. The molecule has 2 aliphatic rings. The molecule has 0 radical (unpaired) electrons. The molecular formula is C34H31N7O7S. The van der Waals surface area contributed by atoms with Crippen molar-refractivity contribution in [3.63, 3.8) is 0 Å². The number of carboxylic acid groups (broad SMARTS) is 1. The summed E-state index contributed by atoms with van der Waals surface area (Å²) in [6, 6.07) is 13.6. The van der Waals surface area contributed by atoms with Gasteiger partial charge in [0.15, 0.2) is 5.75 Å². The number of anilines is 2. The molecule has 0 amide bonds. The van der Waals surface area contributed by atoms with Crippen molar-refractivity contribution in [1.82, 2.24) is 5.32 Å². The maximum absolute atomic E-state index is 12.3. The van der Waals surface area contributed by atoms with Gasteiger partial charge in [-0.15, -0.1) is 15.3 Å². The lowest BCUT2D eigenvalue weighted by atomic mass is 9.92. The lowest BCUT2D eigenvalue weighted by Crippen LogP contribution is -2.44. The summed E-state index contributed by atoms with van der Waals surface area (Å²) in [7, 11) is -4.84. The van der Waals surface area contributed by atoms with Gasteiger partial charge in [-0.2, -0.15) is 13.5 Å². The van der Waals surface area contributed by atoms with Crippen LogP contribution in [0.15, 0.2) is 92.1 Å². The first kappa shape index (κ1) is 33.1. The number of carbonyl (C=O) groups excluding carboxylic acids is 1. The Labute approximate surface area is 280 Å². The number of aromatic carboxylic acids is 1. The fourth-order valence-corrected chi connectivity index (χ4v) is 6.26. The summed E-state index contributed by atoms with van der Waals surface area (Å²) < 4.78 is 34.6. The number of allylic oxidation sites excluding steroid dienone is 2. The largest absolute Gasteiger partial charge is 0.505 e. The lowest BCUT2D eigenvalue weighted by Gasteiger charge is -2.30. The number of rotatable bonds is 8. The fourth-order valence-electron chi connectivity index (χ4n) is 5.60. The van der Waals surface area contributed by atoms with Crippen molar-refractivity contribution < 1.29 is 32.8 Å². The lowest BCUT2D eigenvalue weighted by molar-refractivity contribution is -0.111. The molecule has 0 saturated carbocycles. The highest BCUT2D eigenvalue weighted by molar-refractivity contribution is 7.86. The standard InChI is InChI=1S/C34H31N7O7S/c1-34(19-42)10-8-23-24(9-11-34)28(39-40-31-30(49(46,47)48)16-20-2-3-21(35)17-25(20)32(31)43)6-5-27(23)38-37-22-4-7-29(26(18-22)33(44)45)41-14-12-36-13-15-41/h2-11,16-19,36,43H,12-15,35H2,1H3,(H,44,45)(H,46,47,48). The maximum Gasteiger partial charge on any atom is 0.337 e. The summed E-state index contributed by atoms with van der Waals surface area (Å²) in [5.41, 5.74) is 7.21. The van der Waals surface area contributed by atoms with Crippen LogP contribution in [0.4, 0.5) is 34.1 Å². The molecule has 1 heterocycles. The van der Waals surface area contributed by atoms with E-state index < -0.39 is 37.8 Å². The number of nitrogens with zero attached hydrogens (tertiary/aromatic N) is 5. The van der Waals surface area contributed by atoms with Crippen molar-refractivity contribution in [2.45, 2.75) is 11.8 Å². The number of nitrogens with one attached hydrogen (secondary N) is 1. The Morgan fingerprint density at radius 1 is 0.939 bits per heavy atom. The number of benzene rings is 4. The van der Waals surface area contributed by atoms with Crippen LogP contribution in [0.3, 0.4) is 0 Å². The highest BCUT2D eigenvalue weighted by atomic mass is 32.2. The van der Waals surface area contributed by atoms with E-state index in [0.29, 0.717) is 52.4 Å². The molecule has 4 aromatic rings. The second-order valence-corrected chi connectivity index (χ2v) is 13.1. The highest BCUT2D eigenvalue weighted by Crippen LogP contribution is 2.44. The third kappa shape index (κ3) is 6.80. The summed E-state index contributed by atoms with van der Waals surface area (Å²) in [4.78, 5) is 25.4. The van der Waals surface area contributed by atoms with Gasteiger partial charge in [-0.1, -0.05) is 30.4 Å². The molecule has 1 fully saturated rings. The van der Waals surface area contributed by atoms with Crippen LogP contribution >= 0.6 is 0 Å². The monoisotopic (exact) mass is 681 g/mol. The van der Waals surface area contributed by atoms with Crippen molar-refractivity contribution in [2.75, 3.05) is 36.8 Å². The average Bonchev–Trinajstić information content (AvgIpc) is 3.27. The van der Waals surface area contributed by atoms with Crippen LogP contribution in [0.25, 0.3) is 22.9 Å². The van der Waals surface area contributed by atoms with Gasteiger partial charge in [-0.3, -0.25) is 4.55 Å². The number of fused-ring (bicyclic) bond motifs is 2. The molecule has 6 rings (SSSR count). The van der Waals surface area contributed by atoms with Crippen molar-refractivity contribution in [3.05, 3.63) is 83.4 Å². The Morgan fingerprint density at radius 2 is 1.59 bits per heavy atom. The van der Waals surface area contributed by atoms with Crippen molar-refractivity contribution in [1.29, 1.82) is 0 Å². The van der Waals surface area contributed by atoms with Gasteiger partial charge in [0.25, 0.3) is 10.1 Å². The van der Waals surface area contributed by atoms with E-state index >= 15 is 0 Å².